The maximum absolute atomic E-state index is 10.8. The Balaban J connectivity index is 2.47. The van der Waals surface area contributed by atoms with Crippen molar-refractivity contribution in [3.63, 3.8) is 0 Å². The van der Waals surface area contributed by atoms with Crippen LogP contribution in [0.25, 0.3) is 0 Å². The van der Waals surface area contributed by atoms with Crippen molar-refractivity contribution in [3.05, 3.63) is 38.1 Å². The first kappa shape index (κ1) is 16.0. The summed E-state index contributed by atoms with van der Waals surface area (Å²) in [6.45, 7) is 9.11. The molecule has 22 heavy (non-hydrogen) atoms. The molecule has 7 nitrogen and oxygen atoms in total. The number of aromatic nitrogens is 1. The first-order valence-electron chi connectivity index (χ1n) is 6.57. The standard InChI is InChI=1S/C14H16N4O3S/c1-6-7(2)9(4)12(19)11(8(6)3)16-17-14-15-10(5)13(22-14)18(20)21/h19H,1-5H3. The first-order chi connectivity index (χ1) is 10.2. The predicted octanol–water partition coefficient (Wildman–Crippen LogP) is 4.71. The molecule has 0 unspecified atom stereocenters. The monoisotopic (exact) mass is 320 g/mol. The van der Waals surface area contributed by atoms with Crippen LogP contribution in [0.15, 0.2) is 10.2 Å². The van der Waals surface area contributed by atoms with Crippen molar-refractivity contribution in [2.24, 2.45) is 10.2 Å². The third kappa shape index (κ3) is 2.69. The summed E-state index contributed by atoms with van der Waals surface area (Å²) in [4.78, 5) is 14.3. The highest BCUT2D eigenvalue weighted by molar-refractivity contribution is 7.18. The van der Waals surface area contributed by atoms with E-state index in [1.165, 1.54) is 0 Å². The van der Waals surface area contributed by atoms with Crippen molar-refractivity contribution in [3.8, 4) is 5.75 Å². The Labute approximate surface area is 131 Å². The number of phenols is 1. The van der Waals surface area contributed by atoms with Gasteiger partial charge in [0.15, 0.2) is 0 Å². The molecule has 1 heterocycles. The van der Waals surface area contributed by atoms with Crippen LogP contribution in [0.5, 0.6) is 5.75 Å². The van der Waals surface area contributed by atoms with E-state index < -0.39 is 4.92 Å². The summed E-state index contributed by atoms with van der Waals surface area (Å²) in [5.41, 5.74) is 4.29. The fraction of sp³-hybridized carbons (Fsp3) is 0.357. The summed E-state index contributed by atoms with van der Waals surface area (Å²) >= 11 is 0.858. The van der Waals surface area contributed by atoms with E-state index in [1.54, 1.807) is 6.92 Å². The molecule has 0 amide bonds. The molecule has 0 bridgehead atoms. The minimum atomic E-state index is -0.491. The Kier molecular flexibility index (Phi) is 4.23. The number of thiazole rings is 1. The van der Waals surface area contributed by atoms with E-state index in [9.17, 15) is 15.2 Å². The number of nitrogens with zero attached hydrogens (tertiary/aromatic N) is 4. The van der Waals surface area contributed by atoms with Crippen LogP contribution in [0.3, 0.4) is 0 Å². The second-order valence-corrected chi connectivity index (χ2v) is 6.00. The van der Waals surface area contributed by atoms with E-state index >= 15 is 0 Å². The van der Waals surface area contributed by atoms with Crippen LogP contribution in [-0.4, -0.2) is 15.0 Å². The summed E-state index contributed by atoms with van der Waals surface area (Å²) < 4.78 is 0. The zero-order chi connectivity index (χ0) is 16.6. The third-order valence-corrected chi connectivity index (χ3v) is 4.78. The summed E-state index contributed by atoms with van der Waals surface area (Å²) in [6, 6.07) is 0. The second-order valence-electron chi connectivity index (χ2n) is 5.04. The van der Waals surface area contributed by atoms with Crippen molar-refractivity contribution in [2.75, 3.05) is 0 Å². The summed E-state index contributed by atoms with van der Waals surface area (Å²) in [5.74, 6) is 0.0760. The molecule has 0 saturated carbocycles. The lowest BCUT2D eigenvalue weighted by Crippen LogP contribution is -1.92. The zero-order valence-electron chi connectivity index (χ0n) is 13.0. The molecule has 1 aromatic heterocycles. The van der Waals surface area contributed by atoms with Gasteiger partial charge < -0.3 is 5.11 Å². The first-order valence-corrected chi connectivity index (χ1v) is 7.38. The van der Waals surface area contributed by atoms with Gasteiger partial charge in [-0.15, -0.1) is 10.2 Å². The number of phenolic OH excluding ortho intramolecular Hbond substituents is 1. The van der Waals surface area contributed by atoms with Crippen molar-refractivity contribution in [2.45, 2.75) is 34.6 Å². The van der Waals surface area contributed by atoms with Crippen LogP contribution in [0.2, 0.25) is 0 Å². The molecule has 2 aromatic rings. The van der Waals surface area contributed by atoms with Gasteiger partial charge in [0.05, 0.1) is 4.92 Å². The van der Waals surface area contributed by atoms with Crippen molar-refractivity contribution >= 4 is 27.2 Å². The number of aromatic hydroxyl groups is 1. The second kappa shape index (κ2) is 5.80. The van der Waals surface area contributed by atoms with E-state index in [2.05, 4.69) is 15.2 Å². The Hall–Kier alpha value is -2.35. The molecule has 0 aliphatic carbocycles. The lowest BCUT2D eigenvalue weighted by atomic mass is 9.97. The van der Waals surface area contributed by atoms with Crippen LogP contribution in [0.4, 0.5) is 15.8 Å². The molecule has 0 fully saturated rings. The van der Waals surface area contributed by atoms with Gasteiger partial charge in [0, 0.05) is 0 Å². The Morgan fingerprint density at radius 3 is 2.18 bits per heavy atom. The Morgan fingerprint density at radius 1 is 1.05 bits per heavy atom. The van der Waals surface area contributed by atoms with Crippen molar-refractivity contribution in [1.29, 1.82) is 0 Å². The number of nitro groups is 1. The van der Waals surface area contributed by atoms with Crippen molar-refractivity contribution < 1.29 is 10.0 Å². The summed E-state index contributed by atoms with van der Waals surface area (Å²) in [5, 5.41) is 29.2. The molecular formula is C14H16N4O3S. The van der Waals surface area contributed by atoms with Gasteiger partial charge in [-0.05, 0) is 68.2 Å². The average Bonchev–Trinajstić information content (AvgIpc) is 2.84. The van der Waals surface area contributed by atoms with E-state index in [0.717, 1.165) is 33.6 Å². The van der Waals surface area contributed by atoms with Crippen LogP contribution < -0.4 is 0 Å². The largest absolute Gasteiger partial charge is 0.505 e. The Morgan fingerprint density at radius 2 is 1.64 bits per heavy atom. The number of hydrogen-bond donors (Lipinski definition) is 1. The van der Waals surface area contributed by atoms with Gasteiger partial charge in [-0.2, -0.15) is 0 Å². The van der Waals surface area contributed by atoms with E-state index in [-0.39, 0.29) is 15.9 Å². The molecule has 2 rings (SSSR count). The zero-order valence-corrected chi connectivity index (χ0v) is 13.8. The quantitative estimate of drug-likeness (QED) is 0.502. The maximum atomic E-state index is 10.8. The van der Waals surface area contributed by atoms with Gasteiger partial charge in [-0.1, -0.05) is 0 Å². The third-order valence-electron chi connectivity index (χ3n) is 3.78. The normalized spacial score (nSPS) is 11.3. The number of aryl methyl sites for hydroxylation is 1. The van der Waals surface area contributed by atoms with E-state index in [0.29, 0.717) is 11.4 Å². The van der Waals surface area contributed by atoms with Gasteiger partial charge in [0.25, 0.3) is 0 Å². The molecule has 1 aromatic carbocycles. The van der Waals surface area contributed by atoms with Gasteiger partial charge in [0.1, 0.15) is 17.1 Å². The van der Waals surface area contributed by atoms with Crippen LogP contribution in [-0.2, 0) is 0 Å². The van der Waals surface area contributed by atoms with Crippen LogP contribution in [0, 0.1) is 44.7 Å². The summed E-state index contributed by atoms with van der Waals surface area (Å²) in [6.07, 6.45) is 0. The molecule has 0 spiro atoms. The highest BCUT2D eigenvalue weighted by Crippen LogP contribution is 2.40. The fourth-order valence-electron chi connectivity index (χ4n) is 2.07. The molecule has 0 saturated heterocycles. The average molecular weight is 320 g/mol. The molecular weight excluding hydrogens is 304 g/mol. The minimum Gasteiger partial charge on any atom is -0.505 e. The maximum Gasteiger partial charge on any atom is 0.348 e. The molecule has 0 radical (unpaired) electrons. The predicted molar refractivity (Wildman–Crippen MR) is 84.7 cm³/mol. The number of hydrogen-bond acceptors (Lipinski definition) is 7. The number of azo groups is 1. The minimum absolute atomic E-state index is 0.0499. The van der Waals surface area contributed by atoms with Crippen LogP contribution in [0.1, 0.15) is 27.9 Å². The van der Waals surface area contributed by atoms with Crippen LogP contribution >= 0.6 is 11.3 Å². The molecule has 0 aliphatic rings. The smallest absolute Gasteiger partial charge is 0.348 e. The van der Waals surface area contributed by atoms with Crippen molar-refractivity contribution in [1.82, 2.24) is 4.98 Å². The fourth-order valence-corrected chi connectivity index (χ4v) is 2.78. The van der Waals surface area contributed by atoms with Gasteiger partial charge in [-0.3, -0.25) is 10.1 Å². The van der Waals surface area contributed by atoms with Gasteiger partial charge in [-0.25, -0.2) is 4.98 Å². The highest BCUT2D eigenvalue weighted by atomic mass is 32.1. The van der Waals surface area contributed by atoms with Gasteiger partial charge in [0.2, 0.25) is 5.13 Å². The van der Waals surface area contributed by atoms with E-state index in [1.807, 2.05) is 27.7 Å². The lowest BCUT2D eigenvalue weighted by Gasteiger charge is -2.13. The summed E-state index contributed by atoms with van der Waals surface area (Å²) in [7, 11) is 0. The number of rotatable bonds is 3. The molecule has 0 atom stereocenters. The highest BCUT2D eigenvalue weighted by Gasteiger charge is 2.18. The molecule has 0 aliphatic heterocycles. The molecule has 8 heteroatoms. The SMILES string of the molecule is Cc1nc(N=Nc2c(C)c(C)c(C)c(C)c2O)sc1[N+](=O)[O-]. The molecule has 116 valence electrons. The topological polar surface area (TPSA) is 101 Å². The van der Waals surface area contributed by atoms with E-state index in [4.69, 9.17) is 0 Å². The lowest BCUT2D eigenvalue weighted by molar-refractivity contribution is -0.380. The number of benzene rings is 1. The Bertz CT molecular complexity index is 767. The van der Waals surface area contributed by atoms with Gasteiger partial charge >= 0.3 is 5.00 Å². The molecule has 1 N–H and O–H groups in total.